The van der Waals surface area contributed by atoms with Gasteiger partial charge in [0.25, 0.3) is 0 Å². The number of carbonyl (C=O) groups is 2. The molecular weight excluding hydrogens is 294 g/mol. The van der Waals surface area contributed by atoms with E-state index in [9.17, 15) is 9.59 Å². The summed E-state index contributed by atoms with van der Waals surface area (Å²) in [6.45, 7) is 4.00. The maximum absolute atomic E-state index is 11.7. The summed E-state index contributed by atoms with van der Waals surface area (Å²) in [7, 11) is 0. The van der Waals surface area contributed by atoms with Crippen LogP contribution >= 0.6 is 0 Å². The van der Waals surface area contributed by atoms with Gasteiger partial charge in [0.05, 0.1) is 0 Å². The van der Waals surface area contributed by atoms with Gasteiger partial charge in [0, 0.05) is 25.2 Å². The molecule has 2 N–H and O–H groups in total. The number of nitrogens with zero attached hydrogens (tertiary/aromatic N) is 1. The minimum atomic E-state index is -0.277. The average molecular weight is 313 g/mol. The molecule has 6 nitrogen and oxygen atoms in total. The van der Waals surface area contributed by atoms with Crippen molar-refractivity contribution in [1.82, 2.24) is 10.3 Å². The molecule has 0 saturated carbocycles. The maximum atomic E-state index is 11.7. The Kier molecular flexibility index (Phi) is 5.68. The lowest BCUT2D eigenvalue weighted by atomic mass is 10.3. The van der Waals surface area contributed by atoms with Crippen molar-refractivity contribution in [3.05, 3.63) is 53.6 Å². The molecule has 0 aromatic carbocycles. The quantitative estimate of drug-likeness (QED) is 0.802. The van der Waals surface area contributed by atoms with Crippen LogP contribution in [0.5, 0.6) is 0 Å². The van der Waals surface area contributed by atoms with Gasteiger partial charge in [0.15, 0.2) is 0 Å². The van der Waals surface area contributed by atoms with Gasteiger partial charge in [0.1, 0.15) is 17.3 Å². The molecular formula is C17H19N3O3. The van der Waals surface area contributed by atoms with Gasteiger partial charge >= 0.3 is 0 Å². The van der Waals surface area contributed by atoms with Crippen LogP contribution in [0.1, 0.15) is 23.5 Å². The van der Waals surface area contributed by atoms with Gasteiger partial charge in [-0.25, -0.2) is 4.98 Å². The molecule has 23 heavy (non-hydrogen) atoms. The fourth-order valence-electron chi connectivity index (χ4n) is 1.81. The number of hydrogen-bond acceptors (Lipinski definition) is 4. The Hall–Kier alpha value is -2.89. The molecule has 6 heteroatoms. The van der Waals surface area contributed by atoms with E-state index in [1.54, 1.807) is 24.4 Å². The lowest BCUT2D eigenvalue weighted by Crippen LogP contribution is -2.26. The van der Waals surface area contributed by atoms with Crippen molar-refractivity contribution in [2.75, 3.05) is 11.9 Å². The van der Waals surface area contributed by atoms with E-state index in [2.05, 4.69) is 15.6 Å². The van der Waals surface area contributed by atoms with Gasteiger partial charge in [-0.1, -0.05) is 6.07 Å². The van der Waals surface area contributed by atoms with Crippen molar-refractivity contribution in [3.8, 4) is 0 Å². The number of carbonyl (C=O) groups excluding carboxylic acids is 2. The SMILES string of the molecule is Cc1ccc(NC(=O)CCNC(=O)C=Cc2ccc(C)o2)nc1. The van der Waals surface area contributed by atoms with Crippen molar-refractivity contribution >= 4 is 23.7 Å². The second-order valence-electron chi connectivity index (χ2n) is 5.09. The third kappa shape index (κ3) is 5.78. The first-order valence-corrected chi connectivity index (χ1v) is 7.28. The number of aryl methyl sites for hydroxylation is 2. The Morgan fingerprint density at radius 3 is 2.70 bits per heavy atom. The molecule has 0 aliphatic rings. The molecule has 2 amide bonds. The normalized spacial score (nSPS) is 10.7. The predicted octanol–water partition coefficient (Wildman–Crippen LogP) is 2.45. The second-order valence-corrected chi connectivity index (χ2v) is 5.09. The molecule has 120 valence electrons. The van der Waals surface area contributed by atoms with Gasteiger partial charge in [0.2, 0.25) is 11.8 Å². The van der Waals surface area contributed by atoms with Crippen LogP contribution in [-0.4, -0.2) is 23.3 Å². The number of aromatic nitrogens is 1. The highest BCUT2D eigenvalue weighted by Crippen LogP contribution is 2.07. The van der Waals surface area contributed by atoms with E-state index in [-0.39, 0.29) is 24.8 Å². The molecule has 0 radical (unpaired) electrons. The Morgan fingerprint density at radius 1 is 1.22 bits per heavy atom. The lowest BCUT2D eigenvalue weighted by molar-refractivity contribution is -0.117. The molecule has 0 atom stereocenters. The number of hydrogen-bond donors (Lipinski definition) is 2. The standard InChI is InChI=1S/C17H19N3O3/c1-12-3-7-15(19-11-12)20-17(22)9-10-18-16(21)8-6-14-5-4-13(2)23-14/h3-8,11H,9-10H2,1-2H3,(H,18,21)(H,19,20,22). The summed E-state index contributed by atoms with van der Waals surface area (Å²) in [5, 5.41) is 5.31. The monoisotopic (exact) mass is 313 g/mol. The summed E-state index contributed by atoms with van der Waals surface area (Å²) in [4.78, 5) is 27.4. The van der Waals surface area contributed by atoms with Crippen molar-refractivity contribution in [2.45, 2.75) is 20.3 Å². The summed E-state index contributed by atoms with van der Waals surface area (Å²) in [5.41, 5.74) is 1.02. The molecule has 2 heterocycles. The van der Waals surface area contributed by atoms with Crippen LogP contribution in [0, 0.1) is 13.8 Å². The number of amides is 2. The van der Waals surface area contributed by atoms with Gasteiger partial charge in [-0.2, -0.15) is 0 Å². The number of nitrogens with one attached hydrogen (secondary N) is 2. The molecule has 0 bridgehead atoms. The first-order valence-electron chi connectivity index (χ1n) is 7.28. The zero-order chi connectivity index (χ0) is 16.7. The van der Waals surface area contributed by atoms with Gasteiger partial charge in [-0.05, 0) is 43.7 Å². The Labute approximate surface area is 134 Å². The molecule has 0 aliphatic heterocycles. The number of furan rings is 1. The fraction of sp³-hybridized carbons (Fsp3) is 0.235. The van der Waals surface area contributed by atoms with Crippen molar-refractivity contribution in [3.63, 3.8) is 0 Å². The average Bonchev–Trinajstić information content (AvgIpc) is 2.93. The molecule has 0 fully saturated rings. The van der Waals surface area contributed by atoms with E-state index in [0.29, 0.717) is 11.6 Å². The van der Waals surface area contributed by atoms with E-state index in [0.717, 1.165) is 11.3 Å². The minimum Gasteiger partial charge on any atom is -0.462 e. The summed E-state index contributed by atoms with van der Waals surface area (Å²) in [5.74, 6) is 1.42. The zero-order valence-electron chi connectivity index (χ0n) is 13.1. The van der Waals surface area contributed by atoms with Crippen LogP contribution in [0.25, 0.3) is 6.08 Å². The van der Waals surface area contributed by atoms with Gasteiger partial charge in [-0.3, -0.25) is 9.59 Å². The topological polar surface area (TPSA) is 84.2 Å². The predicted molar refractivity (Wildman–Crippen MR) is 87.7 cm³/mol. The van der Waals surface area contributed by atoms with Crippen LogP contribution in [0.15, 0.2) is 41.0 Å². The van der Waals surface area contributed by atoms with E-state index in [4.69, 9.17) is 4.42 Å². The largest absolute Gasteiger partial charge is 0.462 e. The van der Waals surface area contributed by atoms with E-state index < -0.39 is 0 Å². The van der Waals surface area contributed by atoms with Crippen LogP contribution in [0.2, 0.25) is 0 Å². The van der Waals surface area contributed by atoms with Crippen LogP contribution in [-0.2, 0) is 9.59 Å². The van der Waals surface area contributed by atoms with Crippen molar-refractivity contribution < 1.29 is 14.0 Å². The molecule has 0 saturated heterocycles. The zero-order valence-corrected chi connectivity index (χ0v) is 13.1. The third-order valence-electron chi connectivity index (χ3n) is 2.99. The second kappa shape index (κ2) is 7.93. The highest BCUT2D eigenvalue weighted by Gasteiger charge is 2.04. The Morgan fingerprint density at radius 2 is 2.04 bits per heavy atom. The smallest absolute Gasteiger partial charge is 0.244 e. The van der Waals surface area contributed by atoms with Crippen LogP contribution < -0.4 is 10.6 Å². The fourth-order valence-corrected chi connectivity index (χ4v) is 1.81. The van der Waals surface area contributed by atoms with Crippen molar-refractivity contribution in [1.29, 1.82) is 0 Å². The molecule has 2 aromatic heterocycles. The van der Waals surface area contributed by atoms with Gasteiger partial charge in [-0.15, -0.1) is 0 Å². The van der Waals surface area contributed by atoms with E-state index in [1.165, 1.54) is 6.08 Å². The van der Waals surface area contributed by atoms with Crippen LogP contribution in [0.4, 0.5) is 5.82 Å². The lowest BCUT2D eigenvalue weighted by Gasteiger charge is -2.05. The summed E-state index contributed by atoms with van der Waals surface area (Å²) >= 11 is 0. The van der Waals surface area contributed by atoms with E-state index in [1.807, 2.05) is 26.0 Å². The Bertz CT molecular complexity index is 702. The number of rotatable bonds is 6. The molecule has 2 rings (SSSR count). The highest BCUT2D eigenvalue weighted by molar-refractivity contribution is 5.93. The van der Waals surface area contributed by atoms with E-state index >= 15 is 0 Å². The molecule has 0 unspecified atom stereocenters. The molecule has 2 aromatic rings. The molecule has 0 aliphatic carbocycles. The molecule has 0 spiro atoms. The summed E-state index contributed by atoms with van der Waals surface area (Å²) < 4.78 is 5.31. The van der Waals surface area contributed by atoms with Crippen molar-refractivity contribution in [2.24, 2.45) is 0 Å². The number of pyridine rings is 1. The van der Waals surface area contributed by atoms with Crippen LogP contribution in [0.3, 0.4) is 0 Å². The highest BCUT2D eigenvalue weighted by atomic mass is 16.3. The first-order chi connectivity index (χ1) is 11.0. The Balaban J connectivity index is 1.69. The maximum Gasteiger partial charge on any atom is 0.244 e. The first kappa shape index (κ1) is 16.5. The minimum absolute atomic E-state index is 0.176. The summed E-state index contributed by atoms with van der Waals surface area (Å²) in [6.07, 6.45) is 4.81. The summed E-state index contributed by atoms with van der Waals surface area (Å²) in [6, 6.07) is 7.20. The third-order valence-corrected chi connectivity index (χ3v) is 2.99. The van der Waals surface area contributed by atoms with Gasteiger partial charge < -0.3 is 15.1 Å². The number of anilines is 1.